The maximum atomic E-state index is 11.5. The summed E-state index contributed by atoms with van der Waals surface area (Å²) in [6, 6.07) is 6.48. The topological polar surface area (TPSA) is 90.1 Å². The van der Waals surface area contributed by atoms with Gasteiger partial charge >= 0.3 is 5.97 Å². The molecule has 2 rings (SSSR count). The van der Waals surface area contributed by atoms with E-state index in [0.29, 0.717) is 23.6 Å². The third-order valence-corrected chi connectivity index (χ3v) is 3.25. The molecule has 1 N–H and O–H groups in total. The Morgan fingerprint density at radius 1 is 1.43 bits per heavy atom. The second-order valence-corrected chi connectivity index (χ2v) is 4.64. The number of carboxylic acids is 1. The van der Waals surface area contributed by atoms with Gasteiger partial charge in [-0.15, -0.1) is 5.10 Å². The number of nitrogens with zero attached hydrogens (tertiary/aromatic N) is 4. The quantitative estimate of drug-likeness (QED) is 0.840. The number of carboxylic acid groups (broad SMARTS) is 1. The van der Waals surface area contributed by atoms with Crippen LogP contribution in [0.25, 0.3) is 11.4 Å². The molecule has 112 valence electrons. The number of carbonyl (C=O) groups is 1. The lowest BCUT2D eigenvalue weighted by atomic mass is 10.1. The molecule has 2 aromatic rings. The highest BCUT2D eigenvalue weighted by molar-refractivity contribution is 5.73. The van der Waals surface area contributed by atoms with Crippen LogP contribution in [-0.2, 0) is 4.79 Å². The molecule has 0 aliphatic heterocycles. The molecule has 0 radical (unpaired) electrons. The lowest BCUT2D eigenvalue weighted by Gasteiger charge is -2.14. The molecule has 0 aliphatic rings. The van der Waals surface area contributed by atoms with Gasteiger partial charge in [-0.05, 0) is 29.0 Å². The van der Waals surface area contributed by atoms with Crippen LogP contribution in [-0.4, -0.2) is 38.4 Å². The minimum Gasteiger partial charge on any atom is -0.496 e. The van der Waals surface area contributed by atoms with Crippen molar-refractivity contribution in [1.29, 1.82) is 0 Å². The van der Waals surface area contributed by atoms with E-state index in [2.05, 4.69) is 15.5 Å². The average molecular weight is 290 g/mol. The molecule has 1 atom stereocenters. The molecule has 0 fully saturated rings. The van der Waals surface area contributed by atoms with Gasteiger partial charge in [0.15, 0.2) is 11.9 Å². The van der Waals surface area contributed by atoms with Crippen molar-refractivity contribution >= 4 is 5.97 Å². The van der Waals surface area contributed by atoms with Crippen LogP contribution in [0, 0.1) is 0 Å². The first-order valence-corrected chi connectivity index (χ1v) is 6.83. The van der Waals surface area contributed by atoms with Crippen LogP contribution in [0.3, 0.4) is 0 Å². The van der Waals surface area contributed by atoms with E-state index in [9.17, 15) is 9.90 Å². The van der Waals surface area contributed by atoms with E-state index in [1.54, 1.807) is 19.2 Å². The first kappa shape index (κ1) is 15.0. The van der Waals surface area contributed by atoms with Crippen LogP contribution in [0.1, 0.15) is 32.2 Å². The summed E-state index contributed by atoms with van der Waals surface area (Å²) in [4.78, 5) is 11.5. The third kappa shape index (κ3) is 3.18. The smallest absolute Gasteiger partial charge is 0.328 e. The Kier molecular flexibility index (Phi) is 4.86. The Bertz CT molecular complexity index is 612. The summed E-state index contributed by atoms with van der Waals surface area (Å²) in [7, 11) is 1.55. The van der Waals surface area contributed by atoms with E-state index in [1.165, 1.54) is 4.68 Å². The summed E-state index contributed by atoms with van der Waals surface area (Å²) in [5, 5.41) is 20.9. The van der Waals surface area contributed by atoms with Crippen molar-refractivity contribution in [2.24, 2.45) is 0 Å². The fourth-order valence-corrected chi connectivity index (χ4v) is 2.16. The maximum Gasteiger partial charge on any atom is 0.328 e. The summed E-state index contributed by atoms with van der Waals surface area (Å²) in [5.41, 5.74) is 0.674. The Labute approximate surface area is 122 Å². The van der Waals surface area contributed by atoms with Crippen molar-refractivity contribution in [3.8, 4) is 17.1 Å². The molecule has 0 bridgehead atoms. The molecular formula is C14H18N4O3. The van der Waals surface area contributed by atoms with Gasteiger partial charge in [0, 0.05) is 0 Å². The molecule has 0 amide bonds. The van der Waals surface area contributed by atoms with Gasteiger partial charge in [0.25, 0.3) is 0 Å². The Morgan fingerprint density at radius 3 is 2.86 bits per heavy atom. The second kappa shape index (κ2) is 6.83. The number of para-hydroxylation sites is 1. The van der Waals surface area contributed by atoms with Gasteiger partial charge in [-0.1, -0.05) is 31.9 Å². The molecule has 0 spiro atoms. The van der Waals surface area contributed by atoms with Crippen molar-refractivity contribution in [1.82, 2.24) is 20.2 Å². The van der Waals surface area contributed by atoms with E-state index < -0.39 is 12.0 Å². The number of rotatable bonds is 7. The van der Waals surface area contributed by atoms with Gasteiger partial charge in [0.05, 0.1) is 12.7 Å². The Morgan fingerprint density at radius 2 is 2.19 bits per heavy atom. The van der Waals surface area contributed by atoms with E-state index in [-0.39, 0.29) is 0 Å². The van der Waals surface area contributed by atoms with Crippen LogP contribution in [0.4, 0.5) is 0 Å². The molecule has 1 aromatic heterocycles. The van der Waals surface area contributed by atoms with Gasteiger partial charge in [0.1, 0.15) is 5.75 Å². The molecule has 0 saturated carbocycles. The Hall–Kier alpha value is -2.44. The lowest BCUT2D eigenvalue weighted by molar-refractivity contribution is -0.141. The first-order valence-electron chi connectivity index (χ1n) is 6.83. The summed E-state index contributed by atoms with van der Waals surface area (Å²) in [6.07, 6.45) is 2.19. The monoisotopic (exact) mass is 290 g/mol. The molecule has 0 saturated heterocycles. The van der Waals surface area contributed by atoms with E-state index in [1.807, 2.05) is 19.1 Å². The summed E-state index contributed by atoms with van der Waals surface area (Å²) >= 11 is 0. The fourth-order valence-electron chi connectivity index (χ4n) is 2.16. The Balaban J connectivity index is 2.43. The summed E-state index contributed by atoms with van der Waals surface area (Å²) in [6.45, 7) is 2.01. The van der Waals surface area contributed by atoms with Crippen LogP contribution in [0.5, 0.6) is 5.75 Å². The van der Waals surface area contributed by atoms with E-state index >= 15 is 0 Å². The SMILES string of the molecule is CCCCC(C(=O)O)n1nnnc1-c1ccccc1OC. The second-order valence-electron chi connectivity index (χ2n) is 4.64. The zero-order valence-electron chi connectivity index (χ0n) is 12.1. The van der Waals surface area contributed by atoms with Gasteiger partial charge in [-0.3, -0.25) is 0 Å². The van der Waals surface area contributed by atoms with Gasteiger partial charge in [-0.2, -0.15) is 0 Å². The number of unbranched alkanes of at least 4 members (excludes halogenated alkanes) is 1. The molecule has 0 aliphatic carbocycles. The van der Waals surface area contributed by atoms with Crippen molar-refractivity contribution in [2.75, 3.05) is 7.11 Å². The molecule has 1 aromatic carbocycles. The molecule has 21 heavy (non-hydrogen) atoms. The van der Waals surface area contributed by atoms with E-state index in [4.69, 9.17) is 4.74 Å². The maximum absolute atomic E-state index is 11.5. The van der Waals surface area contributed by atoms with Crippen LogP contribution in [0.2, 0.25) is 0 Å². The minimum absolute atomic E-state index is 0.399. The summed E-state index contributed by atoms with van der Waals surface area (Å²) in [5.74, 6) is 0.0658. The highest BCUT2D eigenvalue weighted by Crippen LogP contribution is 2.29. The minimum atomic E-state index is -0.938. The number of hydrogen-bond acceptors (Lipinski definition) is 5. The lowest BCUT2D eigenvalue weighted by Crippen LogP contribution is -2.21. The zero-order chi connectivity index (χ0) is 15.2. The van der Waals surface area contributed by atoms with Crippen LogP contribution >= 0.6 is 0 Å². The highest BCUT2D eigenvalue weighted by Gasteiger charge is 2.25. The van der Waals surface area contributed by atoms with Crippen LogP contribution in [0.15, 0.2) is 24.3 Å². The predicted molar refractivity (Wildman–Crippen MR) is 76.0 cm³/mol. The number of ether oxygens (including phenoxy) is 1. The fraction of sp³-hybridized carbons (Fsp3) is 0.429. The van der Waals surface area contributed by atoms with E-state index in [0.717, 1.165) is 12.8 Å². The third-order valence-electron chi connectivity index (χ3n) is 3.25. The molecule has 1 heterocycles. The predicted octanol–water partition coefficient (Wildman–Crippen LogP) is 2.16. The van der Waals surface area contributed by atoms with Crippen molar-refractivity contribution in [3.63, 3.8) is 0 Å². The number of benzene rings is 1. The molecular weight excluding hydrogens is 272 g/mol. The van der Waals surface area contributed by atoms with Crippen molar-refractivity contribution < 1.29 is 14.6 Å². The first-order chi connectivity index (χ1) is 10.2. The largest absolute Gasteiger partial charge is 0.496 e. The number of hydrogen-bond donors (Lipinski definition) is 1. The molecule has 7 heteroatoms. The highest BCUT2D eigenvalue weighted by atomic mass is 16.5. The van der Waals surface area contributed by atoms with Gasteiger partial charge in [0.2, 0.25) is 0 Å². The van der Waals surface area contributed by atoms with Crippen LogP contribution < -0.4 is 4.74 Å². The molecule has 1 unspecified atom stereocenters. The normalized spacial score (nSPS) is 12.1. The number of aliphatic carboxylic acids is 1. The number of tetrazole rings is 1. The zero-order valence-corrected chi connectivity index (χ0v) is 12.1. The van der Waals surface area contributed by atoms with Gasteiger partial charge in [-0.25, -0.2) is 9.48 Å². The number of aromatic nitrogens is 4. The number of methoxy groups -OCH3 is 1. The van der Waals surface area contributed by atoms with Crippen molar-refractivity contribution in [2.45, 2.75) is 32.2 Å². The average Bonchev–Trinajstić information content (AvgIpc) is 2.96. The summed E-state index contributed by atoms with van der Waals surface area (Å²) < 4.78 is 6.65. The molecule has 7 nitrogen and oxygen atoms in total. The van der Waals surface area contributed by atoms with Crippen molar-refractivity contribution in [3.05, 3.63) is 24.3 Å². The standard InChI is InChI=1S/C14H18N4O3/c1-3-4-8-11(14(19)20)18-13(15-16-17-18)10-7-5-6-9-12(10)21-2/h5-7,9,11H,3-4,8H2,1-2H3,(H,19,20). The van der Waals surface area contributed by atoms with Gasteiger partial charge < -0.3 is 9.84 Å².